The van der Waals surface area contributed by atoms with Gasteiger partial charge in [-0.3, -0.25) is 9.36 Å². The molecule has 0 spiro atoms. The number of hydrogen-bond acceptors (Lipinski definition) is 5. The zero-order valence-corrected chi connectivity index (χ0v) is 20.7. The van der Waals surface area contributed by atoms with Gasteiger partial charge < -0.3 is 19.8 Å². The van der Waals surface area contributed by atoms with Crippen LogP contribution < -0.4 is 10.6 Å². The van der Waals surface area contributed by atoms with E-state index in [1.54, 1.807) is 11.8 Å². The van der Waals surface area contributed by atoms with Crippen molar-refractivity contribution >= 4 is 30.3 Å². The molecule has 0 bridgehead atoms. The highest BCUT2D eigenvalue weighted by Crippen LogP contribution is 2.52. The van der Waals surface area contributed by atoms with Gasteiger partial charge in [-0.1, -0.05) is 41.5 Å². The molecule has 0 fully saturated rings. The van der Waals surface area contributed by atoms with E-state index < -0.39 is 24.8 Å². The Balaban J connectivity index is 2.10. The van der Waals surface area contributed by atoms with Gasteiger partial charge >= 0.3 is 7.52 Å². The van der Waals surface area contributed by atoms with Crippen LogP contribution in [-0.4, -0.2) is 40.9 Å². The standard InChI is InChI=1S/C23H33FN3O4P/c1-8-31-32(30)16-13-14(24)9-10-15(16)25-20(26-32)17-18(28)19(23(5,6)7)27(21(17)29)12-11-22(2,3)4/h9-10,13,19,28H,8,11-12H2,1-7H3,(H,25,26,30). The van der Waals surface area contributed by atoms with Crippen LogP contribution in [0.3, 0.4) is 0 Å². The van der Waals surface area contributed by atoms with Gasteiger partial charge in [-0.25, -0.2) is 4.39 Å². The number of nitrogens with one attached hydrogen (secondary N) is 1. The molecule has 0 saturated heterocycles. The molecular formula is C23H33FN3O4P. The summed E-state index contributed by atoms with van der Waals surface area (Å²) in [5.74, 6) is -1.08. The molecule has 3 rings (SSSR count). The van der Waals surface area contributed by atoms with Crippen LogP contribution in [0, 0.1) is 16.6 Å². The second kappa shape index (κ2) is 8.31. The zero-order valence-electron chi connectivity index (χ0n) is 19.8. The quantitative estimate of drug-likeness (QED) is 0.597. The van der Waals surface area contributed by atoms with E-state index in [0.29, 0.717) is 12.2 Å². The molecule has 2 N–H and O–H groups in total. The van der Waals surface area contributed by atoms with Gasteiger partial charge in [0.2, 0.25) is 0 Å². The van der Waals surface area contributed by atoms with Crippen LogP contribution in [0.1, 0.15) is 54.9 Å². The van der Waals surface area contributed by atoms with E-state index in [1.807, 2.05) is 20.8 Å². The van der Waals surface area contributed by atoms with E-state index in [1.165, 1.54) is 12.1 Å². The number of nitrogens with zero attached hydrogens (tertiary/aromatic N) is 2. The third-order valence-electron chi connectivity index (χ3n) is 5.51. The molecule has 176 valence electrons. The van der Waals surface area contributed by atoms with Crippen LogP contribution in [0.5, 0.6) is 0 Å². The Labute approximate surface area is 189 Å². The third kappa shape index (κ3) is 4.62. The second-order valence-electron chi connectivity index (χ2n) is 10.5. The number of halogens is 1. The SMILES string of the molecule is CCOP1(=O)N=C(C2=C(O)C(C(C)(C)C)N(CCC(C)(C)C)C2=O)Nc2ccc(F)cc21. The first-order chi connectivity index (χ1) is 14.7. The Bertz CT molecular complexity index is 1040. The van der Waals surface area contributed by atoms with Crippen LogP contribution in [0.15, 0.2) is 34.3 Å². The largest absolute Gasteiger partial charge is 0.509 e. The summed E-state index contributed by atoms with van der Waals surface area (Å²) < 4.78 is 37.1. The maximum Gasteiger partial charge on any atom is 0.348 e. The number of fused-ring (bicyclic) bond motifs is 1. The Morgan fingerprint density at radius 3 is 2.47 bits per heavy atom. The molecule has 0 radical (unpaired) electrons. The summed E-state index contributed by atoms with van der Waals surface area (Å²) in [7, 11) is -3.84. The number of benzene rings is 1. The van der Waals surface area contributed by atoms with Crippen molar-refractivity contribution in [3.05, 3.63) is 35.3 Å². The van der Waals surface area contributed by atoms with Crippen molar-refractivity contribution in [1.82, 2.24) is 4.90 Å². The molecule has 2 aliphatic heterocycles. The Morgan fingerprint density at radius 2 is 1.91 bits per heavy atom. The van der Waals surface area contributed by atoms with Gasteiger partial charge in [-0.05, 0) is 42.4 Å². The molecule has 1 aromatic carbocycles. The first kappa shape index (κ1) is 24.5. The predicted molar refractivity (Wildman–Crippen MR) is 125 cm³/mol. The van der Waals surface area contributed by atoms with Crippen molar-refractivity contribution in [3.63, 3.8) is 0 Å². The Kier molecular flexibility index (Phi) is 6.35. The van der Waals surface area contributed by atoms with Gasteiger partial charge in [-0.15, -0.1) is 0 Å². The van der Waals surface area contributed by atoms with Crippen LogP contribution in [-0.2, 0) is 13.9 Å². The first-order valence-corrected chi connectivity index (χ1v) is 12.4. The zero-order chi connectivity index (χ0) is 24.1. The van der Waals surface area contributed by atoms with Gasteiger partial charge in [0.15, 0.2) is 5.84 Å². The smallest absolute Gasteiger partial charge is 0.348 e. The second-order valence-corrected chi connectivity index (χ2v) is 12.5. The Morgan fingerprint density at radius 1 is 1.25 bits per heavy atom. The van der Waals surface area contributed by atoms with E-state index >= 15 is 0 Å². The monoisotopic (exact) mass is 465 g/mol. The first-order valence-electron chi connectivity index (χ1n) is 10.8. The van der Waals surface area contributed by atoms with Crippen molar-refractivity contribution in [2.24, 2.45) is 15.6 Å². The molecule has 7 nitrogen and oxygen atoms in total. The van der Waals surface area contributed by atoms with Crippen molar-refractivity contribution in [3.8, 4) is 0 Å². The number of rotatable bonds is 5. The van der Waals surface area contributed by atoms with Crippen LogP contribution >= 0.6 is 7.52 Å². The Hall–Kier alpha value is -2.18. The number of carbonyl (C=O) groups excluding carboxylic acids is 1. The minimum Gasteiger partial charge on any atom is -0.509 e. The fourth-order valence-corrected chi connectivity index (χ4v) is 5.80. The van der Waals surface area contributed by atoms with Gasteiger partial charge in [0.05, 0.1) is 23.6 Å². The molecule has 2 unspecified atom stereocenters. The predicted octanol–water partition coefficient (Wildman–Crippen LogP) is 5.01. The van der Waals surface area contributed by atoms with Gasteiger partial charge in [-0.2, -0.15) is 4.76 Å². The van der Waals surface area contributed by atoms with E-state index in [0.717, 1.165) is 12.5 Å². The fourth-order valence-electron chi connectivity index (χ4n) is 4.01. The van der Waals surface area contributed by atoms with E-state index in [4.69, 9.17) is 4.52 Å². The summed E-state index contributed by atoms with van der Waals surface area (Å²) in [5, 5.41) is 14.3. The minimum atomic E-state index is -3.84. The molecule has 2 heterocycles. The van der Waals surface area contributed by atoms with Gasteiger partial charge in [0, 0.05) is 6.54 Å². The fraction of sp³-hybridized carbons (Fsp3) is 0.565. The minimum absolute atomic E-state index is 0.00459. The number of anilines is 1. The maximum atomic E-state index is 13.9. The molecule has 2 aliphatic rings. The highest BCUT2D eigenvalue weighted by Gasteiger charge is 2.48. The normalized spacial score (nSPS) is 23.9. The maximum absolute atomic E-state index is 13.9. The van der Waals surface area contributed by atoms with Crippen LogP contribution in [0.4, 0.5) is 10.1 Å². The lowest BCUT2D eigenvalue weighted by atomic mass is 9.84. The lowest BCUT2D eigenvalue weighted by Crippen LogP contribution is -2.45. The summed E-state index contributed by atoms with van der Waals surface area (Å²) in [6.07, 6.45) is 0.741. The molecular weight excluding hydrogens is 432 g/mol. The molecule has 32 heavy (non-hydrogen) atoms. The van der Waals surface area contributed by atoms with E-state index in [2.05, 4.69) is 30.9 Å². The molecule has 0 saturated carbocycles. The van der Waals surface area contributed by atoms with Gasteiger partial charge in [0.25, 0.3) is 5.91 Å². The summed E-state index contributed by atoms with van der Waals surface area (Å²) in [6.45, 7) is 14.3. The molecule has 0 aliphatic carbocycles. The summed E-state index contributed by atoms with van der Waals surface area (Å²) in [4.78, 5) is 15.2. The highest BCUT2D eigenvalue weighted by atomic mass is 31.2. The lowest BCUT2D eigenvalue weighted by molar-refractivity contribution is -0.128. The van der Waals surface area contributed by atoms with E-state index in [-0.39, 0.29) is 40.4 Å². The van der Waals surface area contributed by atoms with Crippen LogP contribution in [0.25, 0.3) is 0 Å². The topological polar surface area (TPSA) is 91.2 Å². The molecule has 1 aromatic rings. The van der Waals surface area contributed by atoms with Crippen LogP contribution in [0.2, 0.25) is 0 Å². The summed E-state index contributed by atoms with van der Waals surface area (Å²) >= 11 is 0. The summed E-state index contributed by atoms with van der Waals surface area (Å²) in [5.41, 5.74) is -0.135. The third-order valence-corrected chi connectivity index (χ3v) is 7.56. The average molecular weight is 466 g/mol. The van der Waals surface area contributed by atoms with Crippen molar-refractivity contribution in [2.45, 2.75) is 60.9 Å². The summed E-state index contributed by atoms with van der Waals surface area (Å²) in [6, 6.07) is 3.22. The van der Waals surface area contributed by atoms with Crippen molar-refractivity contribution in [1.29, 1.82) is 0 Å². The lowest BCUT2D eigenvalue weighted by Gasteiger charge is -2.36. The number of amidine groups is 1. The van der Waals surface area contributed by atoms with Crippen molar-refractivity contribution < 1.29 is 23.4 Å². The van der Waals surface area contributed by atoms with E-state index in [9.17, 15) is 18.9 Å². The number of hydrogen-bond donors (Lipinski definition) is 2. The average Bonchev–Trinajstić information content (AvgIpc) is 2.90. The number of carbonyl (C=O) groups is 1. The van der Waals surface area contributed by atoms with Gasteiger partial charge in [0.1, 0.15) is 17.1 Å². The molecule has 0 aromatic heterocycles. The molecule has 2 atom stereocenters. The number of amides is 1. The molecule has 9 heteroatoms. The van der Waals surface area contributed by atoms with Crippen molar-refractivity contribution in [2.75, 3.05) is 18.5 Å². The molecule has 1 amide bonds. The number of aliphatic hydroxyl groups is 1. The number of aliphatic hydroxyl groups excluding tert-OH is 1. The highest BCUT2D eigenvalue weighted by molar-refractivity contribution is 7.66.